The van der Waals surface area contributed by atoms with E-state index in [-0.39, 0.29) is 0 Å². The van der Waals surface area contributed by atoms with Crippen molar-refractivity contribution in [2.75, 3.05) is 17.7 Å². The average Bonchev–Trinajstić information content (AvgIpc) is 3.23. The lowest BCUT2D eigenvalue weighted by atomic mass is 10.0. The molecule has 112 valence electrons. The second-order valence-electron chi connectivity index (χ2n) is 6.14. The van der Waals surface area contributed by atoms with Gasteiger partial charge in [-0.15, -0.1) is 0 Å². The van der Waals surface area contributed by atoms with E-state index in [9.17, 15) is 0 Å². The molecule has 4 heteroatoms. The lowest BCUT2D eigenvalue weighted by Gasteiger charge is -2.18. The Hall–Kier alpha value is -1.45. The summed E-state index contributed by atoms with van der Waals surface area (Å²) >= 11 is 0. The number of pyridine rings is 1. The van der Waals surface area contributed by atoms with Crippen LogP contribution in [0.4, 0.5) is 11.5 Å². The fraction of sp³-hybridized carbons (Fsp3) is 0.688. The van der Waals surface area contributed by atoms with Crippen molar-refractivity contribution < 1.29 is 4.74 Å². The lowest BCUT2D eigenvalue weighted by molar-refractivity contribution is 0.290. The normalized spacial score (nSPS) is 17.6. The molecule has 1 heterocycles. The predicted molar refractivity (Wildman–Crippen MR) is 84.0 cm³/mol. The Bertz CT molecular complexity index is 432. The van der Waals surface area contributed by atoms with Gasteiger partial charge in [-0.2, -0.15) is 4.98 Å². The lowest BCUT2D eigenvalue weighted by Crippen LogP contribution is -2.19. The third-order valence-corrected chi connectivity index (χ3v) is 3.89. The molecule has 1 saturated carbocycles. The van der Waals surface area contributed by atoms with E-state index in [4.69, 9.17) is 10.5 Å². The molecule has 2 rings (SSSR count). The molecule has 2 atom stereocenters. The van der Waals surface area contributed by atoms with E-state index in [2.05, 4.69) is 31.1 Å². The van der Waals surface area contributed by atoms with Crippen LogP contribution in [0.15, 0.2) is 12.1 Å². The minimum Gasteiger partial charge on any atom is -0.476 e. The first-order valence-corrected chi connectivity index (χ1v) is 7.74. The minimum atomic E-state index is 0.400. The molecule has 3 N–H and O–H groups in total. The number of hydrogen-bond acceptors (Lipinski definition) is 4. The molecule has 0 aliphatic heterocycles. The van der Waals surface area contributed by atoms with Gasteiger partial charge in [-0.3, -0.25) is 0 Å². The Morgan fingerprint density at radius 2 is 2.15 bits per heavy atom. The zero-order valence-corrected chi connectivity index (χ0v) is 12.9. The highest BCUT2D eigenvalue weighted by Gasteiger charge is 2.22. The number of rotatable bonds is 8. The Balaban J connectivity index is 1.91. The summed E-state index contributed by atoms with van der Waals surface area (Å²) in [5.41, 5.74) is 6.53. The number of anilines is 2. The highest BCUT2D eigenvalue weighted by molar-refractivity contribution is 5.53. The Labute approximate surface area is 122 Å². The van der Waals surface area contributed by atoms with Gasteiger partial charge < -0.3 is 15.8 Å². The average molecular weight is 277 g/mol. The number of hydrogen-bond donors (Lipinski definition) is 2. The van der Waals surface area contributed by atoms with Gasteiger partial charge >= 0.3 is 0 Å². The van der Waals surface area contributed by atoms with E-state index >= 15 is 0 Å². The summed E-state index contributed by atoms with van der Waals surface area (Å²) in [6.07, 6.45) is 4.88. The standard InChI is InChI=1S/C16H27N3O/c1-4-11(2)9-12(3)18-15-8-7-14(17)16(19-15)20-10-13-5-6-13/h7-8,11-13H,4-6,9-10,17H2,1-3H3,(H,18,19). The summed E-state index contributed by atoms with van der Waals surface area (Å²) < 4.78 is 5.71. The molecule has 0 bridgehead atoms. The highest BCUT2D eigenvalue weighted by atomic mass is 16.5. The van der Waals surface area contributed by atoms with Crippen molar-refractivity contribution in [1.29, 1.82) is 0 Å². The van der Waals surface area contributed by atoms with Gasteiger partial charge in [0.1, 0.15) is 5.82 Å². The van der Waals surface area contributed by atoms with E-state index in [1.165, 1.54) is 19.3 Å². The van der Waals surface area contributed by atoms with Gasteiger partial charge in [-0.05, 0) is 50.2 Å². The van der Waals surface area contributed by atoms with E-state index in [1.54, 1.807) is 0 Å². The van der Waals surface area contributed by atoms with Gasteiger partial charge in [0.15, 0.2) is 0 Å². The number of nitrogens with one attached hydrogen (secondary N) is 1. The summed E-state index contributed by atoms with van der Waals surface area (Å²) in [4.78, 5) is 4.49. The van der Waals surface area contributed by atoms with Gasteiger partial charge in [0, 0.05) is 6.04 Å². The van der Waals surface area contributed by atoms with E-state index in [0.717, 1.165) is 24.8 Å². The van der Waals surface area contributed by atoms with Crippen molar-refractivity contribution in [3.8, 4) is 5.88 Å². The van der Waals surface area contributed by atoms with Crippen LogP contribution in [0.5, 0.6) is 5.88 Å². The molecule has 0 radical (unpaired) electrons. The van der Waals surface area contributed by atoms with Gasteiger partial charge in [-0.25, -0.2) is 0 Å². The molecule has 20 heavy (non-hydrogen) atoms. The van der Waals surface area contributed by atoms with Crippen LogP contribution < -0.4 is 15.8 Å². The molecule has 2 unspecified atom stereocenters. The summed E-state index contributed by atoms with van der Waals surface area (Å²) in [7, 11) is 0. The Kier molecular flexibility index (Phi) is 5.10. The third kappa shape index (κ3) is 4.58. The van der Waals surface area contributed by atoms with Crippen LogP contribution in [0, 0.1) is 11.8 Å². The SMILES string of the molecule is CCC(C)CC(C)Nc1ccc(N)c(OCC2CC2)n1. The summed E-state index contributed by atoms with van der Waals surface area (Å²) in [6, 6.07) is 4.19. The number of aromatic nitrogens is 1. The quantitative estimate of drug-likeness (QED) is 0.761. The minimum absolute atomic E-state index is 0.400. The van der Waals surface area contributed by atoms with Gasteiger partial charge in [0.2, 0.25) is 5.88 Å². The topological polar surface area (TPSA) is 60.2 Å². The molecule has 1 aromatic heterocycles. The maximum absolute atomic E-state index is 5.91. The van der Waals surface area contributed by atoms with Gasteiger partial charge in [-0.1, -0.05) is 20.3 Å². The number of nitrogens with zero attached hydrogens (tertiary/aromatic N) is 1. The van der Waals surface area contributed by atoms with Crippen molar-refractivity contribution in [2.45, 2.75) is 52.5 Å². The van der Waals surface area contributed by atoms with Crippen molar-refractivity contribution in [1.82, 2.24) is 4.98 Å². The first kappa shape index (κ1) is 14.9. The summed E-state index contributed by atoms with van der Waals surface area (Å²) in [5, 5.41) is 3.43. The van der Waals surface area contributed by atoms with Crippen molar-refractivity contribution in [3.05, 3.63) is 12.1 Å². The van der Waals surface area contributed by atoms with Crippen LogP contribution in [0.2, 0.25) is 0 Å². The van der Waals surface area contributed by atoms with Crippen molar-refractivity contribution >= 4 is 11.5 Å². The second kappa shape index (κ2) is 6.82. The van der Waals surface area contributed by atoms with Crippen LogP contribution in [0.3, 0.4) is 0 Å². The molecule has 0 amide bonds. The largest absolute Gasteiger partial charge is 0.476 e. The fourth-order valence-electron chi connectivity index (χ4n) is 2.21. The molecule has 0 aromatic carbocycles. The van der Waals surface area contributed by atoms with E-state index in [0.29, 0.717) is 23.5 Å². The monoisotopic (exact) mass is 277 g/mol. The van der Waals surface area contributed by atoms with Crippen LogP contribution in [-0.2, 0) is 0 Å². The number of nitrogen functional groups attached to an aromatic ring is 1. The zero-order valence-electron chi connectivity index (χ0n) is 12.9. The van der Waals surface area contributed by atoms with Gasteiger partial charge in [0.25, 0.3) is 0 Å². The first-order valence-electron chi connectivity index (χ1n) is 7.74. The van der Waals surface area contributed by atoms with Crippen LogP contribution in [-0.4, -0.2) is 17.6 Å². The Morgan fingerprint density at radius 3 is 2.80 bits per heavy atom. The summed E-state index contributed by atoms with van der Waals surface area (Å²) in [6.45, 7) is 7.43. The molecule has 1 fully saturated rings. The van der Waals surface area contributed by atoms with Crippen LogP contribution in [0.25, 0.3) is 0 Å². The Morgan fingerprint density at radius 1 is 1.40 bits per heavy atom. The van der Waals surface area contributed by atoms with E-state index < -0.39 is 0 Å². The number of ether oxygens (including phenoxy) is 1. The fourth-order valence-corrected chi connectivity index (χ4v) is 2.21. The molecule has 1 aromatic rings. The number of nitrogens with two attached hydrogens (primary N) is 1. The predicted octanol–water partition coefficient (Wildman–Crippen LogP) is 3.69. The third-order valence-electron chi connectivity index (χ3n) is 3.89. The summed E-state index contributed by atoms with van der Waals surface area (Å²) in [5.74, 6) is 2.84. The van der Waals surface area contributed by atoms with Crippen molar-refractivity contribution in [2.24, 2.45) is 11.8 Å². The molecular weight excluding hydrogens is 250 g/mol. The molecular formula is C16H27N3O. The smallest absolute Gasteiger partial charge is 0.239 e. The van der Waals surface area contributed by atoms with Crippen LogP contribution >= 0.6 is 0 Å². The molecule has 4 nitrogen and oxygen atoms in total. The molecule has 0 spiro atoms. The first-order chi connectivity index (χ1) is 9.58. The maximum Gasteiger partial charge on any atom is 0.239 e. The zero-order chi connectivity index (χ0) is 14.5. The molecule has 1 aliphatic rings. The van der Waals surface area contributed by atoms with Crippen LogP contribution in [0.1, 0.15) is 46.5 Å². The van der Waals surface area contributed by atoms with Gasteiger partial charge in [0.05, 0.1) is 12.3 Å². The molecule has 0 saturated heterocycles. The second-order valence-corrected chi connectivity index (χ2v) is 6.14. The molecule has 1 aliphatic carbocycles. The highest BCUT2D eigenvalue weighted by Crippen LogP contribution is 2.30. The maximum atomic E-state index is 5.91. The van der Waals surface area contributed by atoms with Crippen molar-refractivity contribution in [3.63, 3.8) is 0 Å². The van der Waals surface area contributed by atoms with E-state index in [1.807, 2.05) is 12.1 Å².